The van der Waals surface area contributed by atoms with Gasteiger partial charge in [-0.2, -0.15) is 0 Å². The van der Waals surface area contributed by atoms with E-state index in [9.17, 15) is 0 Å². The molecule has 0 amide bonds. The van der Waals surface area contributed by atoms with Crippen LogP contribution >= 0.6 is 0 Å². The molecule has 0 spiro atoms. The molecule has 2 unspecified atom stereocenters. The molecule has 1 fully saturated rings. The number of piperidine rings is 1. The molecule has 0 radical (unpaired) electrons. The standard InChI is InChI=1S/C19H32N2/c1-15(2)10-11-20-19-12-18(13-21(14-19)16(3)4)17-8-6-5-7-9-17/h5-9,15-16,18-20H,10-14H2,1-4H3. The van der Waals surface area contributed by atoms with Gasteiger partial charge in [-0.1, -0.05) is 44.2 Å². The highest BCUT2D eigenvalue weighted by molar-refractivity contribution is 5.21. The van der Waals surface area contributed by atoms with Crippen LogP contribution in [0.1, 0.15) is 52.0 Å². The predicted octanol–water partition coefficient (Wildman–Crippen LogP) is 3.89. The molecular formula is C19H32N2. The summed E-state index contributed by atoms with van der Waals surface area (Å²) in [5.74, 6) is 1.45. The smallest absolute Gasteiger partial charge is 0.0201 e. The van der Waals surface area contributed by atoms with E-state index >= 15 is 0 Å². The minimum atomic E-state index is 0.630. The van der Waals surface area contributed by atoms with Gasteiger partial charge in [0, 0.05) is 25.2 Å². The largest absolute Gasteiger partial charge is 0.313 e. The van der Waals surface area contributed by atoms with Crippen LogP contribution in [0.25, 0.3) is 0 Å². The van der Waals surface area contributed by atoms with Gasteiger partial charge < -0.3 is 5.32 Å². The van der Waals surface area contributed by atoms with Crippen molar-refractivity contribution in [1.82, 2.24) is 10.2 Å². The molecule has 21 heavy (non-hydrogen) atoms. The van der Waals surface area contributed by atoms with Gasteiger partial charge >= 0.3 is 0 Å². The van der Waals surface area contributed by atoms with Gasteiger partial charge in [0.25, 0.3) is 0 Å². The Bertz CT molecular complexity index is 399. The second-order valence-electron chi connectivity index (χ2n) is 7.22. The van der Waals surface area contributed by atoms with Gasteiger partial charge in [0.1, 0.15) is 0 Å². The number of benzene rings is 1. The highest BCUT2D eigenvalue weighted by Crippen LogP contribution is 2.28. The van der Waals surface area contributed by atoms with Crippen molar-refractivity contribution in [3.63, 3.8) is 0 Å². The lowest BCUT2D eigenvalue weighted by atomic mass is 9.87. The van der Waals surface area contributed by atoms with Crippen molar-refractivity contribution >= 4 is 0 Å². The number of rotatable bonds is 6. The van der Waals surface area contributed by atoms with Crippen molar-refractivity contribution in [3.8, 4) is 0 Å². The number of hydrogen-bond acceptors (Lipinski definition) is 2. The molecule has 0 saturated carbocycles. The molecule has 1 aliphatic rings. The summed E-state index contributed by atoms with van der Waals surface area (Å²) in [5, 5.41) is 3.80. The van der Waals surface area contributed by atoms with Gasteiger partial charge in [-0.3, -0.25) is 4.90 Å². The molecule has 1 saturated heterocycles. The molecular weight excluding hydrogens is 256 g/mol. The van der Waals surface area contributed by atoms with Gasteiger partial charge in [0.05, 0.1) is 0 Å². The monoisotopic (exact) mass is 288 g/mol. The third-order valence-electron chi connectivity index (χ3n) is 4.63. The van der Waals surface area contributed by atoms with Crippen molar-refractivity contribution in [3.05, 3.63) is 35.9 Å². The van der Waals surface area contributed by atoms with Crippen LogP contribution in [0, 0.1) is 5.92 Å². The Morgan fingerprint density at radius 2 is 1.81 bits per heavy atom. The number of likely N-dealkylation sites (tertiary alicyclic amines) is 1. The fourth-order valence-electron chi connectivity index (χ4n) is 3.25. The van der Waals surface area contributed by atoms with E-state index in [4.69, 9.17) is 0 Å². The third kappa shape index (κ3) is 5.12. The SMILES string of the molecule is CC(C)CCNC1CC(c2ccccc2)CN(C(C)C)C1. The van der Waals surface area contributed by atoms with Gasteiger partial charge in [0.15, 0.2) is 0 Å². The Morgan fingerprint density at radius 3 is 2.43 bits per heavy atom. The molecule has 1 N–H and O–H groups in total. The summed E-state index contributed by atoms with van der Waals surface area (Å²) in [6, 6.07) is 12.3. The minimum Gasteiger partial charge on any atom is -0.313 e. The van der Waals surface area contributed by atoms with Crippen molar-refractivity contribution < 1.29 is 0 Å². The summed E-state index contributed by atoms with van der Waals surface area (Å²) in [7, 11) is 0. The van der Waals surface area contributed by atoms with Crippen LogP contribution in [-0.2, 0) is 0 Å². The fourth-order valence-corrected chi connectivity index (χ4v) is 3.25. The molecule has 0 bridgehead atoms. The highest BCUT2D eigenvalue weighted by atomic mass is 15.2. The molecule has 0 aromatic heterocycles. The van der Waals surface area contributed by atoms with Crippen LogP contribution in [0.2, 0.25) is 0 Å². The van der Waals surface area contributed by atoms with E-state index in [0.717, 1.165) is 12.5 Å². The molecule has 0 aliphatic carbocycles. The number of nitrogens with zero attached hydrogens (tertiary/aromatic N) is 1. The lowest BCUT2D eigenvalue weighted by Crippen LogP contribution is -2.51. The third-order valence-corrected chi connectivity index (χ3v) is 4.63. The summed E-state index contributed by atoms with van der Waals surface area (Å²) >= 11 is 0. The first-order chi connectivity index (χ1) is 10.1. The molecule has 2 nitrogen and oxygen atoms in total. The molecule has 1 aliphatic heterocycles. The molecule has 2 heteroatoms. The van der Waals surface area contributed by atoms with Crippen LogP contribution in [-0.4, -0.2) is 36.6 Å². The van der Waals surface area contributed by atoms with E-state index in [2.05, 4.69) is 68.2 Å². The zero-order valence-electron chi connectivity index (χ0n) is 14.2. The Balaban J connectivity index is 1.98. The van der Waals surface area contributed by atoms with Gasteiger partial charge in [0.2, 0.25) is 0 Å². The first kappa shape index (κ1) is 16.5. The van der Waals surface area contributed by atoms with E-state index in [1.807, 2.05) is 0 Å². The minimum absolute atomic E-state index is 0.630. The zero-order chi connectivity index (χ0) is 15.2. The zero-order valence-corrected chi connectivity index (χ0v) is 14.2. The quantitative estimate of drug-likeness (QED) is 0.854. The number of nitrogens with one attached hydrogen (secondary N) is 1. The summed E-state index contributed by atoms with van der Waals surface area (Å²) in [4.78, 5) is 2.63. The van der Waals surface area contributed by atoms with Crippen LogP contribution < -0.4 is 5.32 Å². The molecule has 2 atom stereocenters. The second-order valence-corrected chi connectivity index (χ2v) is 7.22. The van der Waals surface area contributed by atoms with Crippen molar-refractivity contribution in [1.29, 1.82) is 0 Å². The highest BCUT2D eigenvalue weighted by Gasteiger charge is 2.28. The molecule has 1 aromatic carbocycles. The van der Waals surface area contributed by atoms with E-state index in [1.165, 1.54) is 31.5 Å². The van der Waals surface area contributed by atoms with E-state index in [1.54, 1.807) is 0 Å². The van der Waals surface area contributed by atoms with Gasteiger partial charge in [-0.05, 0) is 50.6 Å². The Morgan fingerprint density at radius 1 is 1.10 bits per heavy atom. The fraction of sp³-hybridized carbons (Fsp3) is 0.684. The Kier molecular flexibility index (Phi) is 6.25. The van der Waals surface area contributed by atoms with E-state index < -0.39 is 0 Å². The number of hydrogen-bond donors (Lipinski definition) is 1. The van der Waals surface area contributed by atoms with Crippen LogP contribution in [0.3, 0.4) is 0 Å². The second kappa shape index (κ2) is 7.95. The topological polar surface area (TPSA) is 15.3 Å². The normalized spacial score (nSPS) is 23.9. The van der Waals surface area contributed by atoms with Gasteiger partial charge in [-0.15, -0.1) is 0 Å². The first-order valence-electron chi connectivity index (χ1n) is 8.58. The van der Waals surface area contributed by atoms with E-state index in [0.29, 0.717) is 18.0 Å². The van der Waals surface area contributed by atoms with Crippen LogP contribution in [0.5, 0.6) is 0 Å². The lowest BCUT2D eigenvalue weighted by molar-refractivity contribution is 0.137. The molecule has 118 valence electrons. The summed E-state index contributed by atoms with van der Waals surface area (Å²) < 4.78 is 0. The molecule has 1 heterocycles. The predicted molar refractivity (Wildman–Crippen MR) is 91.8 cm³/mol. The summed E-state index contributed by atoms with van der Waals surface area (Å²) in [6.45, 7) is 12.8. The van der Waals surface area contributed by atoms with E-state index in [-0.39, 0.29) is 0 Å². The first-order valence-corrected chi connectivity index (χ1v) is 8.58. The van der Waals surface area contributed by atoms with Crippen LogP contribution in [0.4, 0.5) is 0 Å². The maximum absolute atomic E-state index is 3.80. The Hall–Kier alpha value is -0.860. The van der Waals surface area contributed by atoms with Crippen molar-refractivity contribution in [2.75, 3.05) is 19.6 Å². The summed E-state index contributed by atoms with van der Waals surface area (Å²) in [6.07, 6.45) is 2.54. The molecule has 1 aromatic rings. The average molecular weight is 288 g/mol. The molecule has 2 rings (SSSR count). The van der Waals surface area contributed by atoms with Gasteiger partial charge in [-0.25, -0.2) is 0 Å². The van der Waals surface area contributed by atoms with Crippen molar-refractivity contribution in [2.45, 2.75) is 58.5 Å². The maximum Gasteiger partial charge on any atom is 0.0201 e. The lowest BCUT2D eigenvalue weighted by Gasteiger charge is -2.40. The average Bonchev–Trinajstić information content (AvgIpc) is 2.47. The summed E-state index contributed by atoms with van der Waals surface area (Å²) in [5.41, 5.74) is 1.50. The Labute approximate surface area is 130 Å². The van der Waals surface area contributed by atoms with Crippen molar-refractivity contribution in [2.24, 2.45) is 5.92 Å². The maximum atomic E-state index is 3.80. The van der Waals surface area contributed by atoms with Crippen LogP contribution in [0.15, 0.2) is 30.3 Å².